The van der Waals surface area contributed by atoms with Crippen LogP contribution in [0, 0.1) is 5.82 Å². The Labute approximate surface area is 215 Å². The van der Waals surface area contributed by atoms with Crippen molar-refractivity contribution in [2.24, 2.45) is 0 Å². The molecule has 0 saturated carbocycles. The Hall–Kier alpha value is -3.12. The third-order valence-corrected chi connectivity index (χ3v) is 8.58. The summed E-state index contributed by atoms with van der Waals surface area (Å²) in [6, 6.07) is 9.74. The van der Waals surface area contributed by atoms with Gasteiger partial charge in [0.1, 0.15) is 18.9 Å². The molecule has 0 radical (unpaired) electrons. The Morgan fingerprint density at radius 2 is 1.76 bits per heavy atom. The van der Waals surface area contributed by atoms with E-state index in [1.54, 1.807) is 6.07 Å². The van der Waals surface area contributed by atoms with Crippen molar-refractivity contribution in [3.05, 3.63) is 71.0 Å². The summed E-state index contributed by atoms with van der Waals surface area (Å²) in [5, 5.41) is 13.5. The average molecular weight is 532 g/mol. The van der Waals surface area contributed by atoms with Gasteiger partial charge in [-0.15, -0.1) is 0 Å². The van der Waals surface area contributed by atoms with Crippen molar-refractivity contribution in [2.75, 3.05) is 53.5 Å². The number of ether oxygens (including phenoxy) is 1. The number of nitrogens with one attached hydrogen (secondary N) is 1. The monoisotopic (exact) mass is 531 g/mol. The fourth-order valence-corrected chi connectivity index (χ4v) is 5.58. The first kappa shape index (κ1) is 26.9. The van der Waals surface area contributed by atoms with Gasteiger partial charge >= 0.3 is 0 Å². The molecule has 0 bridgehead atoms. The zero-order valence-corrected chi connectivity index (χ0v) is 21.6. The van der Waals surface area contributed by atoms with E-state index in [9.17, 15) is 27.5 Å². The van der Waals surface area contributed by atoms with Crippen LogP contribution in [0.3, 0.4) is 0 Å². The number of sulfonamides is 1. The maximum atomic E-state index is 14.9. The lowest BCUT2D eigenvalue weighted by molar-refractivity contribution is -0.908. The molecule has 2 aromatic carbocycles. The first-order valence-corrected chi connectivity index (χ1v) is 13.5. The van der Waals surface area contributed by atoms with Crippen LogP contribution in [-0.2, 0) is 24.3 Å². The van der Waals surface area contributed by atoms with Gasteiger partial charge < -0.3 is 19.6 Å². The number of quaternary nitrogens is 1. The summed E-state index contributed by atoms with van der Waals surface area (Å²) in [7, 11) is -0.939. The minimum absolute atomic E-state index is 0.0224. The molecular weight excluding hydrogens is 501 g/mol. The molecule has 1 N–H and O–H groups in total. The predicted molar refractivity (Wildman–Crippen MR) is 131 cm³/mol. The molecule has 37 heavy (non-hydrogen) atoms. The SMILES string of the molecule is CN(C)S(=O)(=O)c1ccc(C([O-])=C2C(=O)C(=O)N(CCC[NH+]3CCOCC3)C2c2ccccc2F)cc1. The molecule has 198 valence electrons. The molecule has 9 nitrogen and oxygen atoms in total. The van der Waals surface area contributed by atoms with Gasteiger partial charge in [0.05, 0.1) is 30.7 Å². The van der Waals surface area contributed by atoms with Gasteiger partial charge in [-0.25, -0.2) is 17.1 Å². The fraction of sp³-hybridized carbons (Fsp3) is 0.385. The van der Waals surface area contributed by atoms with Crippen LogP contribution >= 0.6 is 0 Å². The van der Waals surface area contributed by atoms with E-state index >= 15 is 0 Å². The second-order valence-corrected chi connectivity index (χ2v) is 11.4. The zero-order valence-electron chi connectivity index (χ0n) is 20.8. The van der Waals surface area contributed by atoms with Gasteiger partial charge in [0, 0.05) is 38.2 Å². The molecule has 2 heterocycles. The topological polar surface area (TPSA) is 111 Å². The lowest BCUT2D eigenvalue weighted by Crippen LogP contribution is -3.14. The molecular formula is C26H30FN3O6S. The summed E-state index contributed by atoms with van der Waals surface area (Å²) < 4.78 is 46.1. The van der Waals surface area contributed by atoms with Crippen LogP contribution in [0.2, 0.25) is 0 Å². The smallest absolute Gasteiger partial charge is 0.295 e. The second-order valence-electron chi connectivity index (χ2n) is 9.27. The standard InChI is InChI=1S/C26H30FN3O6S/c1-28(2)37(34,35)19-10-8-18(9-11-19)24(31)22-23(20-6-3-4-7-21(20)27)30(26(33)25(22)32)13-5-12-29-14-16-36-17-15-29/h3-4,6-11,23,31H,5,12-17H2,1-2H3. The molecule has 2 aliphatic heterocycles. The Morgan fingerprint density at radius 3 is 2.38 bits per heavy atom. The molecule has 1 unspecified atom stereocenters. The van der Waals surface area contributed by atoms with Crippen molar-refractivity contribution in [1.29, 1.82) is 0 Å². The van der Waals surface area contributed by atoms with E-state index in [1.165, 1.54) is 66.4 Å². The number of rotatable bonds is 8. The van der Waals surface area contributed by atoms with Crippen LogP contribution in [0.25, 0.3) is 5.76 Å². The number of nitrogens with zero attached hydrogens (tertiary/aromatic N) is 2. The highest BCUT2D eigenvalue weighted by atomic mass is 32.2. The van der Waals surface area contributed by atoms with E-state index in [0.717, 1.165) is 23.9 Å². The molecule has 4 rings (SSSR count). The van der Waals surface area contributed by atoms with Gasteiger partial charge in [0.2, 0.25) is 15.8 Å². The number of hydrogen-bond acceptors (Lipinski definition) is 6. The van der Waals surface area contributed by atoms with Gasteiger partial charge in [-0.1, -0.05) is 36.1 Å². The maximum Gasteiger partial charge on any atom is 0.295 e. The molecule has 1 atom stereocenters. The molecule has 2 aliphatic rings. The van der Waals surface area contributed by atoms with Crippen LogP contribution in [0.5, 0.6) is 0 Å². The number of carbonyl (C=O) groups excluding carboxylic acids is 2. The van der Waals surface area contributed by atoms with Gasteiger partial charge in [0.25, 0.3) is 5.91 Å². The number of morpholine rings is 1. The molecule has 0 aliphatic carbocycles. The highest BCUT2D eigenvalue weighted by Crippen LogP contribution is 2.39. The van der Waals surface area contributed by atoms with Crippen molar-refractivity contribution >= 4 is 27.5 Å². The van der Waals surface area contributed by atoms with Crippen molar-refractivity contribution in [3.8, 4) is 0 Å². The number of Topliss-reactive ketones (excluding diaryl/α,β-unsaturated/α-hetero) is 1. The number of ketones is 1. The van der Waals surface area contributed by atoms with Crippen LogP contribution in [0.4, 0.5) is 4.39 Å². The highest BCUT2D eigenvalue weighted by Gasteiger charge is 2.45. The molecule has 0 aromatic heterocycles. The number of amides is 1. The third kappa shape index (κ3) is 5.45. The summed E-state index contributed by atoms with van der Waals surface area (Å²) in [4.78, 5) is 28.7. The lowest BCUT2D eigenvalue weighted by atomic mass is 9.95. The lowest BCUT2D eigenvalue weighted by Gasteiger charge is -2.29. The Morgan fingerprint density at radius 1 is 1.11 bits per heavy atom. The fourth-order valence-electron chi connectivity index (χ4n) is 4.68. The molecule has 2 saturated heterocycles. The van der Waals surface area contributed by atoms with Crippen LogP contribution in [0.15, 0.2) is 59.0 Å². The van der Waals surface area contributed by atoms with E-state index in [2.05, 4.69) is 0 Å². The number of benzene rings is 2. The number of halogens is 1. The minimum atomic E-state index is -3.72. The van der Waals surface area contributed by atoms with Gasteiger partial charge in [-0.05, 0) is 23.8 Å². The van der Waals surface area contributed by atoms with Gasteiger partial charge in [0.15, 0.2) is 0 Å². The van der Waals surface area contributed by atoms with Crippen LogP contribution < -0.4 is 10.0 Å². The Bertz CT molecular complexity index is 1300. The largest absolute Gasteiger partial charge is 0.872 e. The summed E-state index contributed by atoms with van der Waals surface area (Å²) in [6.07, 6.45) is 0.567. The maximum absolute atomic E-state index is 14.9. The van der Waals surface area contributed by atoms with Crippen molar-refractivity contribution in [2.45, 2.75) is 17.4 Å². The molecule has 0 spiro atoms. The quantitative estimate of drug-likeness (QED) is 0.282. The van der Waals surface area contributed by atoms with E-state index < -0.39 is 39.3 Å². The summed E-state index contributed by atoms with van der Waals surface area (Å²) in [5.41, 5.74) is -0.234. The van der Waals surface area contributed by atoms with E-state index in [-0.39, 0.29) is 28.1 Å². The summed E-state index contributed by atoms with van der Waals surface area (Å²) >= 11 is 0. The predicted octanol–water partition coefficient (Wildman–Crippen LogP) is -0.395. The molecule has 2 aromatic rings. The molecule has 1 amide bonds. The minimum Gasteiger partial charge on any atom is -0.872 e. The van der Waals surface area contributed by atoms with E-state index in [1.807, 2.05) is 0 Å². The Balaban J connectivity index is 1.69. The number of carbonyl (C=O) groups is 2. The number of likely N-dealkylation sites (tertiary alicyclic amines) is 1. The molecule has 2 fully saturated rings. The first-order chi connectivity index (χ1) is 17.6. The van der Waals surface area contributed by atoms with Crippen LogP contribution in [-0.4, -0.2) is 82.8 Å². The highest BCUT2D eigenvalue weighted by molar-refractivity contribution is 7.89. The second kappa shape index (κ2) is 11.1. The van der Waals surface area contributed by atoms with E-state index in [4.69, 9.17) is 4.74 Å². The van der Waals surface area contributed by atoms with E-state index in [0.29, 0.717) is 19.6 Å². The third-order valence-electron chi connectivity index (χ3n) is 6.75. The zero-order chi connectivity index (χ0) is 26.7. The Kier molecular flexibility index (Phi) is 8.08. The van der Waals surface area contributed by atoms with Crippen molar-refractivity contribution < 1.29 is 37.1 Å². The average Bonchev–Trinajstić information content (AvgIpc) is 3.14. The van der Waals surface area contributed by atoms with Crippen molar-refractivity contribution in [3.63, 3.8) is 0 Å². The number of hydrogen-bond donors (Lipinski definition) is 1. The van der Waals surface area contributed by atoms with Crippen LogP contribution in [0.1, 0.15) is 23.6 Å². The normalized spacial score (nSPS) is 20.6. The molecule has 11 heteroatoms. The van der Waals surface area contributed by atoms with Gasteiger partial charge in [-0.2, -0.15) is 0 Å². The van der Waals surface area contributed by atoms with Crippen molar-refractivity contribution in [1.82, 2.24) is 9.21 Å². The summed E-state index contributed by atoms with van der Waals surface area (Å²) in [6.45, 7) is 3.95. The van der Waals surface area contributed by atoms with Gasteiger partial charge in [-0.3, -0.25) is 9.59 Å². The summed E-state index contributed by atoms with van der Waals surface area (Å²) in [5.74, 6) is -3.18. The first-order valence-electron chi connectivity index (χ1n) is 12.1.